The monoisotopic (exact) mass is 206 g/mol. The van der Waals surface area contributed by atoms with E-state index in [0.29, 0.717) is 30.9 Å². The first-order valence-corrected chi connectivity index (χ1v) is 5.28. The lowest BCUT2D eigenvalue weighted by Gasteiger charge is -2.17. The molecule has 0 bridgehead atoms. The Morgan fingerprint density at radius 1 is 1.40 bits per heavy atom. The predicted octanol–water partition coefficient (Wildman–Crippen LogP) is 1.09. The van der Waals surface area contributed by atoms with Crippen LogP contribution in [-0.4, -0.2) is 15.3 Å². The van der Waals surface area contributed by atoms with Crippen LogP contribution in [0.1, 0.15) is 41.6 Å². The Balaban J connectivity index is 2.72. The first-order chi connectivity index (χ1) is 7.15. The highest BCUT2D eigenvalue weighted by Gasteiger charge is 2.21. The second kappa shape index (κ2) is 3.61. The lowest BCUT2D eigenvalue weighted by atomic mass is 10.1. The van der Waals surface area contributed by atoms with Crippen LogP contribution < -0.4 is 5.56 Å². The van der Waals surface area contributed by atoms with Crippen molar-refractivity contribution in [3.63, 3.8) is 0 Å². The zero-order chi connectivity index (χ0) is 11.0. The summed E-state index contributed by atoms with van der Waals surface area (Å²) in [6.45, 7) is 4.35. The van der Waals surface area contributed by atoms with Crippen molar-refractivity contribution < 1.29 is 4.79 Å². The molecule has 0 spiro atoms. The molecule has 4 heteroatoms. The van der Waals surface area contributed by atoms with Gasteiger partial charge in [0, 0.05) is 24.2 Å². The van der Waals surface area contributed by atoms with Crippen LogP contribution in [0.15, 0.2) is 4.79 Å². The molecule has 0 saturated carbocycles. The van der Waals surface area contributed by atoms with Gasteiger partial charge in [-0.25, -0.2) is 4.98 Å². The molecule has 1 aromatic rings. The molecule has 0 aliphatic carbocycles. The normalized spacial score (nSPS) is 15.2. The molecule has 0 N–H and O–H groups in total. The Bertz CT molecular complexity index is 474. The summed E-state index contributed by atoms with van der Waals surface area (Å²) in [5.41, 5.74) is 1.39. The van der Waals surface area contributed by atoms with Crippen molar-refractivity contribution in [3.05, 3.63) is 27.4 Å². The number of rotatable bonds is 1. The number of carbonyl (C=O) groups is 1. The van der Waals surface area contributed by atoms with E-state index in [1.54, 1.807) is 6.92 Å². The third-order valence-electron chi connectivity index (χ3n) is 2.86. The number of carbonyl (C=O) groups excluding carboxylic acids is 1. The molecule has 2 rings (SSSR count). The molecule has 4 nitrogen and oxygen atoms in total. The van der Waals surface area contributed by atoms with Crippen LogP contribution in [0.3, 0.4) is 0 Å². The Hall–Kier alpha value is -1.45. The van der Waals surface area contributed by atoms with Gasteiger partial charge in [-0.2, -0.15) is 0 Å². The fourth-order valence-electron chi connectivity index (χ4n) is 2.04. The topological polar surface area (TPSA) is 52.0 Å². The van der Waals surface area contributed by atoms with E-state index in [2.05, 4.69) is 4.98 Å². The van der Waals surface area contributed by atoms with E-state index in [0.717, 1.165) is 12.0 Å². The minimum atomic E-state index is -0.0342. The molecular weight excluding hydrogens is 192 g/mol. The van der Waals surface area contributed by atoms with Gasteiger partial charge in [-0.1, -0.05) is 6.92 Å². The largest absolute Gasteiger partial charge is 0.291 e. The Kier molecular flexibility index (Phi) is 2.42. The van der Waals surface area contributed by atoms with Gasteiger partial charge in [0.05, 0.1) is 0 Å². The Morgan fingerprint density at radius 3 is 2.80 bits per heavy atom. The summed E-state index contributed by atoms with van der Waals surface area (Å²) in [5, 5.41) is 0. The Morgan fingerprint density at radius 2 is 2.13 bits per heavy atom. The van der Waals surface area contributed by atoms with E-state index in [1.165, 1.54) is 4.57 Å². The van der Waals surface area contributed by atoms with Crippen molar-refractivity contribution in [2.24, 2.45) is 0 Å². The SMILES string of the molecule is CCc1c(C)nc2n(c1=O)CCCC2=O. The van der Waals surface area contributed by atoms with Crippen molar-refractivity contribution in [1.82, 2.24) is 9.55 Å². The van der Waals surface area contributed by atoms with Crippen molar-refractivity contribution in [2.75, 3.05) is 0 Å². The van der Waals surface area contributed by atoms with E-state index in [-0.39, 0.29) is 11.3 Å². The molecule has 0 saturated heterocycles. The fraction of sp³-hybridized carbons (Fsp3) is 0.545. The van der Waals surface area contributed by atoms with Gasteiger partial charge in [-0.15, -0.1) is 0 Å². The molecule has 0 radical (unpaired) electrons. The molecule has 0 unspecified atom stereocenters. The number of aryl methyl sites for hydroxylation is 1. The summed E-state index contributed by atoms with van der Waals surface area (Å²) in [6, 6.07) is 0. The van der Waals surface area contributed by atoms with Crippen LogP contribution in [0, 0.1) is 6.92 Å². The number of Topliss-reactive ketones (excluding diaryl/α,β-unsaturated/α-hetero) is 1. The summed E-state index contributed by atoms with van der Waals surface area (Å²) in [4.78, 5) is 27.8. The molecular formula is C11H14N2O2. The Labute approximate surface area is 88.0 Å². The first kappa shape index (κ1) is 10.1. The van der Waals surface area contributed by atoms with Crippen LogP contribution in [0.4, 0.5) is 0 Å². The molecule has 2 heterocycles. The fourth-order valence-corrected chi connectivity index (χ4v) is 2.04. The summed E-state index contributed by atoms with van der Waals surface area (Å²) in [6.07, 6.45) is 1.93. The summed E-state index contributed by atoms with van der Waals surface area (Å²) >= 11 is 0. The van der Waals surface area contributed by atoms with Gasteiger partial charge in [0.2, 0.25) is 0 Å². The van der Waals surface area contributed by atoms with Crippen LogP contribution >= 0.6 is 0 Å². The second-order valence-electron chi connectivity index (χ2n) is 3.84. The summed E-state index contributed by atoms with van der Waals surface area (Å²) in [5.74, 6) is 0.338. The van der Waals surface area contributed by atoms with Gasteiger partial charge < -0.3 is 0 Å². The van der Waals surface area contributed by atoms with Crippen molar-refractivity contribution in [1.29, 1.82) is 0 Å². The molecule has 80 valence electrons. The molecule has 1 aliphatic rings. The first-order valence-electron chi connectivity index (χ1n) is 5.28. The highest BCUT2D eigenvalue weighted by Crippen LogP contribution is 2.12. The highest BCUT2D eigenvalue weighted by atomic mass is 16.1. The summed E-state index contributed by atoms with van der Waals surface area (Å²) < 4.78 is 1.53. The highest BCUT2D eigenvalue weighted by molar-refractivity contribution is 5.93. The van der Waals surface area contributed by atoms with Crippen molar-refractivity contribution in [3.8, 4) is 0 Å². The molecule has 0 amide bonds. The van der Waals surface area contributed by atoms with Crippen molar-refractivity contribution >= 4 is 5.78 Å². The van der Waals surface area contributed by atoms with Gasteiger partial charge in [-0.05, 0) is 19.8 Å². The average Bonchev–Trinajstić information content (AvgIpc) is 2.20. The van der Waals surface area contributed by atoms with Crippen molar-refractivity contribution in [2.45, 2.75) is 39.7 Å². The van der Waals surface area contributed by atoms with Gasteiger partial charge in [0.1, 0.15) is 0 Å². The number of nitrogens with zero attached hydrogens (tertiary/aromatic N) is 2. The third-order valence-corrected chi connectivity index (χ3v) is 2.86. The zero-order valence-electron chi connectivity index (χ0n) is 9.04. The van der Waals surface area contributed by atoms with Crippen LogP contribution in [-0.2, 0) is 13.0 Å². The second-order valence-corrected chi connectivity index (χ2v) is 3.84. The van der Waals surface area contributed by atoms with Gasteiger partial charge >= 0.3 is 0 Å². The van der Waals surface area contributed by atoms with E-state index < -0.39 is 0 Å². The molecule has 15 heavy (non-hydrogen) atoms. The lowest BCUT2D eigenvalue weighted by Crippen LogP contribution is -2.34. The number of ketones is 1. The number of aromatic nitrogens is 2. The summed E-state index contributed by atoms with van der Waals surface area (Å²) in [7, 11) is 0. The molecule has 1 aromatic heterocycles. The lowest BCUT2D eigenvalue weighted by molar-refractivity contribution is 0.0945. The van der Waals surface area contributed by atoms with Crippen LogP contribution in [0.5, 0.6) is 0 Å². The van der Waals surface area contributed by atoms with Gasteiger partial charge in [0.15, 0.2) is 11.6 Å². The molecule has 0 atom stereocenters. The standard InChI is InChI=1S/C11H14N2O2/c1-3-8-7(2)12-10-9(14)5-4-6-13(10)11(8)15/h3-6H2,1-2H3. The van der Waals surface area contributed by atoms with Gasteiger partial charge in [-0.3, -0.25) is 14.2 Å². The molecule has 0 fully saturated rings. The van der Waals surface area contributed by atoms with E-state index >= 15 is 0 Å². The predicted molar refractivity (Wildman–Crippen MR) is 56.2 cm³/mol. The third kappa shape index (κ3) is 1.50. The minimum Gasteiger partial charge on any atom is -0.291 e. The van der Waals surface area contributed by atoms with E-state index in [4.69, 9.17) is 0 Å². The van der Waals surface area contributed by atoms with E-state index in [1.807, 2.05) is 6.92 Å². The van der Waals surface area contributed by atoms with Crippen LogP contribution in [0.25, 0.3) is 0 Å². The van der Waals surface area contributed by atoms with Crippen LogP contribution in [0.2, 0.25) is 0 Å². The zero-order valence-corrected chi connectivity index (χ0v) is 9.04. The number of fused-ring (bicyclic) bond motifs is 1. The quantitative estimate of drug-likeness (QED) is 0.691. The van der Waals surface area contributed by atoms with E-state index in [9.17, 15) is 9.59 Å². The maximum Gasteiger partial charge on any atom is 0.257 e. The smallest absolute Gasteiger partial charge is 0.257 e. The maximum absolute atomic E-state index is 12.0. The van der Waals surface area contributed by atoms with Gasteiger partial charge in [0.25, 0.3) is 5.56 Å². The number of hydrogen-bond donors (Lipinski definition) is 0. The minimum absolute atomic E-state index is 0.0101. The number of hydrogen-bond acceptors (Lipinski definition) is 3. The maximum atomic E-state index is 12.0. The molecule has 0 aromatic carbocycles. The molecule has 1 aliphatic heterocycles. The average molecular weight is 206 g/mol.